The molecule has 4 heteroatoms. The third-order valence-corrected chi connectivity index (χ3v) is 3.71. The molecular weight excluding hydrogens is 204 g/mol. The summed E-state index contributed by atoms with van der Waals surface area (Å²) in [6.45, 7) is 5.73. The number of likely N-dealkylation sites (tertiary alicyclic amines) is 1. The number of ether oxygens (including phenoxy) is 1. The van der Waals surface area contributed by atoms with Crippen molar-refractivity contribution in [1.29, 1.82) is 0 Å². The van der Waals surface area contributed by atoms with Crippen molar-refractivity contribution >= 4 is 5.91 Å². The maximum Gasteiger partial charge on any atom is 0.227 e. The van der Waals surface area contributed by atoms with Gasteiger partial charge in [-0.1, -0.05) is 6.92 Å². The van der Waals surface area contributed by atoms with Gasteiger partial charge >= 0.3 is 0 Å². The van der Waals surface area contributed by atoms with Crippen LogP contribution < -0.4 is 5.32 Å². The van der Waals surface area contributed by atoms with Crippen molar-refractivity contribution in [3.63, 3.8) is 0 Å². The zero-order valence-electron chi connectivity index (χ0n) is 10.2. The van der Waals surface area contributed by atoms with Crippen LogP contribution in [-0.4, -0.2) is 50.2 Å². The fourth-order valence-corrected chi connectivity index (χ4v) is 2.72. The number of nitrogens with zero attached hydrogens (tertiary/aromatic N) is 1. The van der Waals surface area contributed by atoms with Crippen LogP contribution in [0.1, 0.15) is 19.8 Å². The highest BCUT2D eigenvalue weighted by atomic mass is 16.5. The molecule has 0 aliphatic carbocycles. The second kappa shape index (κ2) is 5.15. The molecule has 3 unspecified atom stereocenters. The quantitative estimate of drug-likeness (QED) is 0.744. The molecule has 2 aliphatic rings. The number of hydrogen-bond donors (Lipinski definition) is 1. The first-order valence-corrected chi connectivity index (χ1v) is 6.23. The maximum atomic E-state index is 12.2. The molecule has 0 bridgehead atoms. The van der Waals surface area contributed by atoms with E-state index in [1.54, 1.807) is 7.11 Å². The molecule has 2 rings (SSSR count). The van der Waals surface area contributed by atoms with E-state index >= 15 is 0 Å². The Morgan fingerprint density at radius 1 is 1.44 bits per heavy atom. The predicted octanol–water partition coefficient (Wildman–Crippen LogP) is 0.479. The molecule has 4 nitrogen and oxygen atoms in total. The van der Waals surface area contributed by atoms with E-state index in [1.165, 1.54) is 0 Å². The van der Waals surface area contributed by atoms with E-state index in [0.717, 1.165) is 39.0 Å². The molecular formula is C12H22N2O2. The molecule has 0 spiro atoms. The minimum absolute atomic E-state index is 0.180. The first-order valence-electron chi connectivity index (χ1n) is 6.23. The van der Waals surface area contributed by atoms with Gasteiger partial charge in [-0.2, -0.15) is 0 Å². The lowest BCUT2D eigenvalue weighted by Crippen LogP contribution is -2.44. The van der Waals surface area contributed by atoms with Crippen LogP contribution in [0.25, 0.3) is 0 Å². The minimum Gasteiger partial charge on any atom is -0.380 e. The minimum atomic E-state index is 0.180. The number of carbonyl (C=O) groups excluding carboxylic acids is 1. The van der Waals surface area contributed by atoms with Crippen LogP contribution in [0.2, 0.25) is 0 Å². The summed E-state index contributed by atoms with van der Waals surface area (Å²) in [6, 6.07) is 0. The standard InChI is InChI=1S/C12H22N2O2/c1-9-5-10(7-13-6-9)12(15)14-4-3-11(8-14)16-2/h9-11,13H,3-8H2,1-2H3. The number of nitrogens with one attached hydrogen (secondary N) is 1. The van der Waals surface area contributed by atoms with Crippen molar-refractivity contribution in [2.24, 2.45) is 11.8 Å². The summed E-state index contributed by atoms with van der Waals surface area (Å²) in [5, 5.41) is 3.34. The van der Waals surface area contributed by atoms with Crippen molar-refractivity contribution in [1.82, 2.24) is 10.2 Å². The average Bonchev–Trinajstić information content (AvgIpc) is 2.76. The molecule has 0 saturated carbocycles. The van der Waals surface area contributed by atoms with Gasteiger partial charge in [-0.25, -0.2) is 0 Å². The summed E-state index contributed by atoms with van der Waals surface area (Å²) in [6.07, 6.45) is 2.26. The van der Waals surface area contributed by atoms with E-state index in [0.29, 0.717) is 11.8 Å². The highest BCUT2D eigenvalue weighted by molar-refractivity contribution is 5.79. The molecule has 3 atom stereocenters. The molecule has 0 aromatic heterocycles. The number of carbonyl (C=O) groups is 1. The van der Waals surface area contributed by atoms with Gasteiger partial charge in [-0.15, -0.1) is 0 Å². The highest BCUT2D eigenvalue weighted by Crippen LogP contribution is 2.21. The van der Waals surface area contributed by atoms with Crippen LogP contribution >= 0.6 is 0 Å². The Labute approximate surface area is 97.3 Å². The van der Waals surface area contributed by atoms with Gasteiger partial charge in [0.05, 0.1) is 12.0 Å². The first-order chi connectivity index (χ1) is 7.70. The summed E-state index contributed by atoms with van der Waals surface area (Å²) < 4.78 is 5.29. The maximum absolute atomic E-state index is 12.2. The van der Waals surface area contributed by atoms with Gasteiger partial charge < -0.3 is 15.0 Å². The van der Waals surface area contributed by atoms with E-state index in [9.17, 15) is 4.79 Å². The molecule has 0 aromatic carbocycles. The topological polar surface area (TPSA) is 41.6 Å². The zero-order valence-corrected chi connectivity index (χ0v) is 10.2. The fraction of sp³-hybridized carbons (Fsp3) is 0.917. The summed E-state index contributed by atoms with van der Waals surface area (Å²) in [4.78, 5) is 14.2. The van der Waals surface area contributed by atoms with Crippen molar-refractivity contribution < 1.29 is 9.53 Å². The summed E-state index contributed by atoms with van der Waals surface area (Å²) in [7, 11) is 1.73. The van der Waals surface area contributed by atoms with E-state index < -0.39 is 0 Å². The van der Waals surface area contributed by atoms with Gasteiger partial charge in [0.25, 0.3) is 0 Å². The van der Waals surface area contributed by atoms with Gasteiger partial charge in [-0.05, 0) is 25.3 Å². The third kappa shape index (κ3) is 2.55. The van der Waals surface area contributed by atoms with Crippen molar-refractivity contribution in [2.45, 2.75) is 25.9 Å². The van der Waals surface area contributed by atoms with E-state index in [1.807, 2.05) is 4.90 Å². The molecule has 0 aromatic rings. The molecule has 2 fully saturated rings. The number of rotatable bonds is 2. The van der Waals surface area contributed by atoms with Crippen LogP contribution in [0.5, 0.6) is 0 Å². The molecule has 92 valence electrons. The summed E-state index contributed by atoms with van der Waals surface area (Å²) in [5.74, 6) is 1.11. The van der Waals surface area contributed by atoms with E-state index in [4.69, 9.17) is 4.74 Å². The van der Waals surface area contributed by atoms with Crippen molar-refractivity contribution in [3.8, 4) is 0 Å². The molecule has 2 heterocycles. The van der Waals surface area contributed by atoms with Crippen LogP contribution in [0.15, 0.2) is 0 Å². The Morgan fingerprint density at radius 2 is 2.25 bits per heavy atom. The SMILES string of the molecule is COC1CCN(C(=O)C2CNCC(C)C2)C1. The van der Waals surface area contributed by atoms with E-state index in [-0.39, 0.29) is 12.0 Å². The van der Waals surface area contributed by atoms with E-state index in [2.05, 4.69) is 12.2 Å². The lowest BCUT2D eigenvalue weighted by molar-refractivity contribution is -0.135. The van der Waals surface area contributed by atoms with Gasteiger partial charge in [0.15, 0.2) is 0 Å². The normalized spacial score (nSPS) is 35.4. The van der Waals surface area contributed by atoms with Crippen LogP contribution in [0, 0.1) is 11.8 Å². The Kier molecular flexibility index (Phi) is 3.82. The second-order valence-electron chi connectivity index (χ2n) is 5.13. The Hall–Kier alpha value is -0.610. The first kappa shape index (κ1) is 11.9. The number of piperidine rings is 1. The average molecular weight is 226 g/mol. The molecule has 1 amide bonds. The molecule has 0 radical (unpaired) electrons. The van der Waals surface area contributed by atoms with Crippen molar-refractivity contribution in [2.75, 3.05) is 33.3 Å². The zero-order chi connectivity index (χ0) is 11.5. The predicted molar refractivity (Wildman–Crippen MR) is 62.1 cm³/mol. The molecule has 16 heavy (non-hydrogen) atoms. The third-order valence-electron chi connectivity index (χ3n) is 3.71. The molecule has 2 aliphatic heterocycles. The number of amides is 1. The lowest BCUT2D eigenvalue weighted by Gasteiger charge is -2.30. The van der Waals surface area contributed by atoms with Gasteiger partial charge in [0.2, 0.25) is 5.91 Å². The largest absolute Gasteiger partial charge is 0.380 e. The highest BCUT2D eigenvalue weighted by Gasteiger charge is 2.32. The Bertz CT molecular complexity index is 257. The van der Waals surface area contributed by atoms with Gasteiger partial charge in [0.1, 0.15) is 0 Å². The number of methoxy groups -OCH3 is 1. The fourth-order valence-electron chi connectivity index (χ4n) is 2.72. The van der Waals surface area contributed by atoms with Crippen LogP contribution in [0.4, 0.5) is 0 Å². The van der Waals surface area contributed by atoms with Gasteiger partial charge in [-0.3, -0.25) is 4.79 Å². The molecule has 2 saturated heterocycles. The summed E-state index contributed by atoms with van der Waals surface area (Å²) in [5.41, 5.74) is 0. The number of hydrogen-bond acceptors (Lipinski definition) is 3. The summed E-state index contributed by atoms with van der Waals surface area (Å²) >= 11 is 0. The van der Waals surface area contributed by atoms with Gasteiger partial charge in [0, 0.05) is 26.7 Å². The Balaban J connectivity index is 1.87. The van der Waals surface area contributed by atoms with Crippen LogP contribution in [0.3, 0.4) is 0 Å². The van der Waals surface area contributed by atoms with Crippen LogP contribution in [-0.2, 0) is 9.53 Å². The lowest BCUT2D eigenvalue weighted by atomic mass is 9.91. The molecule has 1 N–H and O–H groups in total. The Morgan fingerprint density at radius 3 is 2.88 bits per heavy atom. The van der Waals surface area contributed by atoms with Crippen molar-refractivity contribution in [3.05, 3.63) is 0 Å². The second-order valence-corrected chi connectivity index (χ2v) is 5.13. The monoisotopic (exact) mass is 226 g/mol. The smallest absolute Gasteiger partial charge is 0.227 e.